The molecule has 0 atom stereocenters. The Morgan fingerprint density at radius 3 is 2.58 bits per heavy atom. The van der Waals surface area contributed by atoms with E-state index in [1.807, 2.05) is 18.2 Å². The number of aromatic nitrogens is 3. The number of rotatable bonds is 8. The Morgan fingerprint density at radius 1 is 1.08 bits per heavy atom. The van der Waals surface area contributed by atoms with Crippen LogP contribution in [0.15, 0.2) is 65.1 Å². The van der Waals surface area contributed by atoms with E-state index >= 15 is 0 Å². The Hall–Kier alpha value is -2.80. The topological polar surface area (TPSA) is 61.5 Å². The molecule has 6 nitrogen and oxygen atoms in total. The minimum Gasteiger partial charge on any atom is -0.493 e. The molecule has 3 rings (SSSR count). The number of benzene rings is 2. The van der Waals surface area contributed by atoms with Crippen molar-refractivity contribution in [3.8, 4) is 11.5 Å². The van der Waals surface area contributed by atoms with Gasteiger partial charge in [0, 0.05) is 10.6 Å². The summed E-state index contributed by atoms with van der Waals surface area (Å²) >= 11 is 1.77. The smallest absolute Gasteiger partial charge is 0.161 e. The van der Waals surface area contributed by atoms with E-state index in [0.29, 0.717) is 12.4 Å². The maximum absolute atomic E-state index is 5.86. The summed E-state index contributed by atoms with van der Waals surface area (Å²) < 4.78 is 12.8. The molecule has 0 bridgehead atoms. The zero-order chi connectivity index (χ0) is 18.2. The molecule has 0 spiro atoms. The van der Waals surface area contributed by atoms with Gasteiger partial charge in [-0.2, -0.15) is 5.10 Å². The maximum Gasteiger partial charge on any atom is 0.161 e. The molecule has 0 N–H and O–H groups in total. The van der Waals surface area contributed by atoms with Crippen LogP contribution in [0.1, 0.15) is 11.1 Å². The third-order valence-corrected chi connectivity index (χ3v) is 4.54. The van der Waals surface area contributed by atoms with Gasteiger partial charge in [-0.1, -0.05) is 17.7 Å². The van der Waals surface area contributed by atoms with Gasteiger partial charge in [0.25, 0.3) is 0 Å². The molecule has 26 heavy (non-hydrogen) atoms. The van der Waals surface area contributed by atoms with Crippen LogP contribution in [0.3, 0.4) is 0 Å². The zero-order valence-electron chi connectivity index (χ0n) is 14.7. The summed E-state index contributed by atoms with van der Waals surface area (Å²) in [6.07, 6.45) is 4.76. The molecule has 1 aromatic heterocycles. The van der Waals surface area contributed by atoms with Crippen LogP contribution >= 0.6 is 11.8 Å². The van der Waals surface area contributed by atoms with Crippen molar-refractivity contribution in [1.29, 1.82) is 0 Å². The van der Waals surface area contributed by atoms with E-state index in [9.17, 15) is 0 Å². The van der Waals surface area contributed by atoms with Crippen molar-refractivity contribution in [2.45, 2.75) is 11.8 Å². The number of hydrogen-bond acceptors (Lipinski definition) is 6. The largest absolute Gasteiger partial charge is 0.493 e. The number of ether oxygens (including phenoxy) is 2. The molecule has 1 heterocycles. The van der Waals surface area contributed by atoms with E-state index in [1.54, 1.807) is 25.1 Å². The Bertz CT molecular complexity index is 848. The van der Waals surface area contributed by atoms with Crippen LogP contribution in [0.4, 0.5) is 0 Å². The lowest BCUT2D eigenvalue weighted by atomic mass is 10.2. The molecule has 2 aromatic carbocycles. The lowest BCUT2D eigenvalue weighted by Crippen LogP contribution is -2.02. The van der Waals surface area contributed by atoms with Crippen LogP contribution < -0.4 is 9.47 Å². The highest BCUT2D eigenvalue weighted by Crippen LogP contribution is 2.28. The van der Waals surface area contributed by atoms with Gasteiger partial charge < -0.3 is 9.47 Å². The van der Waals surface area contributed by atoms with E-state index in [0.717, 1.165) is 17.1 Å². The van der Waals surface area contributed by atoms with E-state index in [1.165, 1.54) is 27.8 Å². The highest BCUT2D eigenvalue weighted by atomic mass is 32.2. The first-order chi connectivity index (χ1) is 12.7. The first-order valence-electron chi connectivity index (χ1n) is 8.14. The Labute approximate surface area is 156 Å². The molecule has 134 valence electrons. The Kier molecular flexibility index (Phi) is 6.27. The predicted octanol–water partition coefficient (Wildman–Crippen LogP) is 3.65. The molecular formula is C19H20N4O2S. The summed E-state index contributed by atoms with van der Waals surface area (Å²) in [5.41, 5.74) is 2.17. The number of methoxy groups -OCH3 is 1. The van der Waals surface area contributed by atoms with Crippen molar-refractivity contribution in [1.82, 2.24) is 14.9 Å². The van der Waals surface area contributed by atoms with Crippen molar-refractivity contribution in [2.24, 2.45) is 5.10 Å². The summed E-state index contributed by atoms with van der Waals surface area (Å²) in [7, 11) is 1.63. The van der Waals surface area contributed by atoms with E-state index in [4.69, 9.17) is 9.47 Å². The van der Waals surface area contributed by atoms with E-state index in [2.05, 4.69) is 46.5 Å². The summed E-state index contributed by atoms with van der Waals surface area (Å²) in [4.78, 5) is 1.24. The monoisotopic (exact) mass is 368 g/mol. The van der Waals surface area contributed by atoms with Crippen LogP contribution in [0.5, 0.6) is 11.5 Å². The Balaban J connectivity index is 1.54. The number of nitrogens with zero attached hydrogens (tertiary/aromatic N) is 4. The highest BCUT2D eigenvalue weighted by Gasteiger charge is 2.05. The van der Waals surface area contributed by atoms with Gasteiger partial charge in [0.2, 0.25) is 0 Å². The third-order valence-electron chi connectivity index (χ3n) is 3.56. The van der Waals surface area contributed by atoms with Crippen LogP contribution in [-0.2, 0) is 0 Å². The fraction of sp³-hybridized carbons (Fsp3) is 0.211. The summed E-state index contributed by atoms with van der Waals surface area (Å²) in [5.74, 6) is 2.26. The number of aryl methyl sites for hydroxylation is 1. The quantitative estimate of drug-likeness (QED) is 0.345. The van der Waals surface area contributed by atoms with Crippen LogP contribution in [0.25, 0.3) is 0 Å². The van der Waals surface area contributed by atoms with E-state index < -0.39 is 0 Å². The normalized spacial score (nSPS) is 11.0. The lowest BCUT2D eigenvalue weighted by Gasteiger charge is -2.11. The fourth-order valence-electron chi connectivity index (χ4n) is 2.22. The molecular weight excluding hydrogens is 348 g/mol. The molecule has 0 saturated carbocycles. The van der Waals surface area contributed by atoms with Gasteiger partial charge in [0.1, 0.15) is 12.7 Å². The summed E-state index contributed by atoms with van der Waals surface area (Å²) in [6, 6.07) is 14.2. The van der Waals surface area contributed by atoms with Crippen LogP contribution in [0, 0.1) is 6.92 Å². The lowest BCUT2D eigenvalue weighted by molar-refractivity contribution is 0.313. The van der Waals surface area contributed by atoms with Gasteiger partial charge in [-0.15, -0.1) is 22.0 Å². The molecule has 0 unspecified atom stereocenters. The second kappa shape index (κ2) is 9.05. The molecule has 0 aliphatic heterocycles. The molecule has 0 aliphatic rings. The van der Waals surface area contributed by atoms with Crippen molar-refractivity contribution >= 4 is 18.0 Å². The van der Waals surface area contributed by atoms with Gasteiger partial charge in [-0.05, 0) is 42.8 Å². The van der Waals surface area contributed by atoms with Crippen LogP contribution in [-0.4, -0.2) is 40.6 Å². The molecule has 3 aromatic rings. The average molecular weight is 368 g/mol. The first kappa shape index (κ1) is 18.0. The van der Waals surface area contributed by atoms with Gasteiger partial charge in [-0.25, -0.2) is 4.68 Å². The van der Waals surface area contributed by atoms with Crippen molar-refractivity contribution in [2.75, 3.05) is 19.5 Å². The maximum atomic E-state index is 5.86. The molecule has 0 fully saturated rings. The fourth-order valence-corrected chi connectivity index (χ4v) is 2.95. The number of hydrogen-bond donors (Lipinski definition) is 0. The molecule has 0 aliphatic carbocycles. The highest BCUT2D eigenvalue weighted by molar-refractivity contribution is 7.99. The minimum absolute atomic E-state index is 0.600. The average Bonchev–Trinajstić information content (AvgIpc) is 3.19. The van der Waals surface area contributed by atoms with Crippen molar-refractivity contribution in [3.63, 3.8) is 0 Å². The summed E-state index contributed by atoms with van der Waals surface area (Å²) in [6.45, 7) is 2.69. The second-order valence-corrected chi connectivity index (χ2v) is 6.68. The molecule has 0 radical (unpaired) electrons. The van der Waals surface area contributed by atoms with Gasteiger partial charge in [0.05, 0.1) is 19.9 Å². The molecule has 0 amide bonds. The number of thioether (sulfide) groups is 1. The first-order valence-corrected chi connectivity index (χ1v) is 9.12. The molecule has 7 heteroatoms. The Morgan fingerprint density at radius 2 is 1.85 bits per heavy atom. The second-order valence-electron chi connectivity index (χ2n) is 5.51. The van der Waals surface area contributed by atoms with Crippen molar-refractivity contribution in [3.05, 3.63) is 66.2 Å². The van der Waals surface area contributed by atoms with Crippen LogP contribution in [0.2, 0.25) is 0 Å². The summed E-state index contributed by atoms with van der Waals surface area (Å²) in [5, 5.41) is 11.6. The van der Waals surface area contributed by atoms with Gasteiger partial charge >= 0.3 is 0 Å². The van der Waals surface area contributed by atoms with E-state index in [-0.39, 0.29) is 0 Å². The van der Waals surface area contributed by atoms with Gasteiger partial charge in [0.15, 0.2) is 11.5 Å². The third kappa shape index (κ3) is 5.10. The van der Waals surface area contributed by atoms with Crippen molar-refractivity contribution < 1.29 is 9.47 Å². The SMILES string of the molecule is COc1cc(/C=N/n2cnnc2)ccc1OCCSc1ccc(C)cc1. The zero-order valence-corrected chi connectivity index (χ0v) is 15.5. The van der Waals surface area contributed by atoms with Gasteiger partial charge in [-0.3, -0.25) is 0 Å². The molecule has 0 saturated heterocycles. The minimum atomic E-state index is 0.600. The predicted molar refractivity (Wildman–Crippen MR) is 103 cm³/mol. The standard InChI is InChI=1S/C19H20N4O2S/c1-15-3-6-17(7-4-15)26-10-9-25-18-8-5-16(11-19(18)24-2)12-22-23-13-20-21-14-23/h3-8,11-14H,9-10H2,1-2H3/b22-12+.